The summed E-state index contributed by atoms with van der Waals surface area (Å²) in [7, 11) is 4.29. The lowest BCUT2D eigenvalue weighted by atomic mass is 10.1. The van der Waals surface area contributed by atoms with E-state index < -0.39 is 0 Å². The van der Waals surface area contributed by atoms with Crippen LogP contribution >= 0.6 is 0 Å². The van der Waals surface area contributed by atoms with Crippen LogP contribution in [0, 0.1) is 0 Å². The number of hydrogen-bond donors (Lipinski definition) is 0. The van der Waals surface area contributed by atoms with Gasteiger partial charge in [-0.25, -0.2) is 0 Å². The number of rotatable bonds is 13. The molecule has 0 amide bonds. The average Bonchev–Trinajstić information content (AvgIpc) is 2.62. The van der Waals surface area contributed by atoms with Gasteiger partial charge in [0.2, 0.25) is 0 Å². The quantitative estimate of drug-likeness (QED) is 0.308. The van der Waals surface area contributed by atoms with Crippen LogP contribution in [0.15, 0.2) is 60.8 Å². The Morgan fingerprint density at radius 3 is 1.40 bits per heavy atom. The van der Waals surface area contributed by atoms with E-state index in [1.54, 1.807) is 0 Å². The van der Waals surface area contributed by atoms with Crippen molar-refractivity contribution >= 4 is 0 Å². The van der Waals surface area contributed by atoms with E-state index in [9.17, 15) is 0 Å². The van der Waals surface area contributed by atoms with Crippen molar-refractivity contribution in [2.24, 2.45) is 0 Å². The molecule has 0 spiro atoms. The summed E-state index contributed by atoms with van der Waals surface area (Å²) in [5.41, 5.74) is 0. The lowest BCUT2D eigenvalue weighted by Gasteiger charge is -2.18. The average molecular weight is 348 g/mol. The van der Waals surface area contributed by atoms with Gasteiger partial charge in [-0.1, -0.05) is 81.5 Å². The van der Waals surface area contributed by atoms with Gasteiger partial charge in [0.25, 0.3) is 0 Å². The molecule has 25 heavy (non-hydrogen) atoms. The first-order chi connectivity index (χ1) is 12.2. The van der Waals surface area contributed by atoms with Crippen molar-refractivity contribution in [2.75, 3.05) is 14.1 Å². The molecule has 0 aliphatic carbocycles. The molecule has 0 aromatic rings. The monoisotopic (exact) mass is 347 g/mol. The summed E-state index contributed by atoms with van der Waals surface area (Å²) in [6.07, 6.45) is 30.2. The summed E-state index contributed by atoms with van der Waals surface area (Å²) in [4.78, 5) is 2.27. The van der Waals surface area contributed by atoms with Crippen LogP contribution < -0.4 is 0 Å². The fraction of sp³-hybridized carbons (Fsp3) is 0.583. The zero-order valence-corrected chi connectivity index (χ0v) is 17.7. The lowest BCUT2D eigenvalue weighted by molar-refractivity contribution is 0.300. The van der Waals surface area contributed by atoms with E-state index in [0.717, 1.165) is 32.1 Å². The summed E-state index contributed by atoms with van der Waals surface area (Å²) in [6.45, 7) is 8.44. The van der Waals surface area contributed by atoms with Crippen LogP contribution in [0.4, 0.5) is 0 Å². The Labute approximate surface area is 160 Å². The Kier molecular flexibility index (Phi) is 23.5. The van der Waals surface area contributed by atoms with Crippen LogP contribution in [0.2, 0.25) is 0 Å². The third kappa shape index (κ3) is 22.7. The molecule has 0 saturated carbocycles. The molecule has 0 aliphatic rings. The Bertz CT molecular complexity index is 389. The van der Waals surface area contributed by atoms with Crippen LogP contribution in [0.5, 0.6) is 0 Å². The van der Waals surface area contributed by atoms with Crippen molar-refractivity contribution in [3.8, 4) is 0 Å². The minimum atomic E-state index is 0. The molecule has 1 unspecified atom stereocenters. The Balaban J connectivity index is -0.00000170. The number of nitrogens with zero attached hydrogens (tertiary/aromatic N) is 1. The second kappa shape index (κ2) is 22.7. The van der Waals surface area contributed by atoms with Gasteiger partial charge in [-0.05, 0) is 66.0 Å². The maximum Gasteiger partial charge on any atom is 0.00637 e. The first-order valence-electron chi connectivity index (χ1n) is 10.1. The predicted molar refractivity (Wildman–Crippen MR) is 120 cm³/mol. The largest absolute Gasteiger partial charge is 0.307 e. The fourth-order valence-electron chi connectivity index (χ4n) is 1.96. The minimum absolute atomic E-state index is 0. The highest BCUT2D eigenvalue weighted by Gasteiger charge is 2.00. The third-order valence-electron chi connectivity index (χ3n) is 3.79. The van der Waals surface area contributed by atoms with Crippen molar-refractivity contribution in [2.45, 2.75) is 78.7 Å². The molecule has 1 heteroatoms. The smallest absolute Gasteiger partial charge is 0.00637 e. The van der Waals surface area contributed by atoms with Gasteiger partial charge in [0.05, 0.1) is 0 Å². The molecule has 0 rings (SSSR count). The zero-order valence-electron chi connectivity index (χ0n) is 17.7. The first-order valence-corrected chi connectivity index (χ1v) is 10.1. The summed E-state index contributed by atoms with van der Waals surface area (Å²) in [6, 6.07) is 0.664. The summed E-state index contributed by atoms with van der Waals surface area (Å²) in [5.74, 6) is 0. The van der Waals surface area contributed by atoms with Gasteiger partial charge in [0.15, 0.2) is 0 Å². The number of allylic oxidation sites excluding steroid dienone is 10. The maximum atomic E-state index is 2.30. The molecule has 0 heterocycles. The predicted octanol–water partition coefficient (Wildman–Crippen LogP) is 7.74. The highest BCUT2D eigenvalue weighted by molar-refractivity contribution is 5.00. The van der Waals surface area contributed by atoms with Crippen LogP contribution in [0.25, 0.3) is 0 Å². The second-order valence-corrected chi connectivity index (χ2v) is 6.10. The topological polar surface area (TPSA) is 3.24 Å². The Morgan fingerprint density at radius 2 is 1.04 bits per heavy atom. The summed E-state index contributed by atoms with van der Waals surface area (Å²) in [5, 5.41) is 0. The van der Waals surface area contributed by atoms with Gasteiger partial charge in [-0.15, -0.1) is 0 Å². The first kappa shape index (κ1) is 25.9. The molecule has 0 N–H and O–H groups in total. The molecular weight excluding hydrogens is 302 g/mol. The van der Waals surface area contributed by atoms with Gasteiger partial charge >= 0.3 is 0 Å². The normalized spacial score (nSPS) is 13.7. The van der Waals surface area contributed by atoms with Gasteiger partial charge in [-0.3, -0.25) is 0 Å². The number of hydrogen-bond acceptors (Lipinski definition) is 1. The molecule has 1 atom stereocenters. The van der Waals surface area contributed by atoms with E-state index in [4.69, 9.17) is 0 Å². The van der Waals surface area contributed by atoms with Gasteiger partial charge in [0.1, 0.15) is 0 Å². The highest BCUT2D eigenvalue weighted by atomic mass is 15.1. The van der Waals surface area contributed by atoms with E-state index >= 15 is 0 Å². The molecule has 146 valence electrons. The second-order valence-electron chi connectivity index (χ2n) is 6.10. The minimum Gasteiger partial charge on any atom is -0.307 e. The third-order valence-corrected chi connectivity index (χ3v) is 3.79. The zero-order chi connectivity index (χ0) is 19.2. The lowest BCUT2D eigenvalue weighted by Crippen LogP contribution is -2.23. The van der Waals surface area contributed by atoms with Crippen molar-refractivity contribution in [3.05, 3.63) is 60.8 Å². The molecule has 0 bridgehead atoms. The summed E-state index contributed by atoms with van der Waals surface area (Å²) < 4.78 is 0. The molecule has 0 aromatic carbocycles. The SMILES string of the molecule is CC.CC/C=C\C/C=C\C/C=C\C/C=C\C/C=C\CCC(C)N(C)C.[HH]. The van der Waals surface area contributed by atoms with E-state index in [1.807, 2.05) is 13.8 Å². The van der Waals surface area contributed by atoms with E-state index in [2.05, 4.69) is 93.6 Å². The van der Waals surface area contributed by atoms with Gasteiger partial charge in [-0.2, -0.15) is 0 Å². The molecule has 0 aliphatic heterocycles. The van der Waals surface area contributed by atoms with Crippen molar-refractivity contribution in [1.82, 2.24) is 4.90 Å². The van der Waals surface area contributed by atoms with Crippen LogP contribution in [0.3, 0.4) is 0 Å². The van der Waals surface area contributed by atoms with Crippen molar-refractivity contribution < 1.29 is 1.43 Å². The molecule has 0 radical (unpaired) electrons. The van der Waals surface area contributed by atoms with E-state index in [0.29, 0.717) is 6.04 Å². The maximum absolute atomic E-state index is 2.30. The van der Waals surface area contributed by atoms with E-state index in [1.165, 1.54) is 12.8 Å². The highest BCUT2D eigenvalue weighted by Crippen LogP contribution is 2.03. The van der Waals surface area contributed by atoms with Crippen LogP contribution in [-0.4, -0.2) is 25.0 Å². The Hall–Kier alpha value is -1.34. The molecule has 0 fully saturated rings. The van der Waals surface area contributed by atoms with Gasteiger partial charge < -0.3 is 4.90 Å². The molecule has 0 saturated heterocycles. The van der Waals surface area contributed by atoms with Crippen LogP contribution in [-0.2, 0) is 0 Å². The fourth-order valence-corrected chi connectivity index (χ4v) is 1.96. The molecule has 1 nitrogen and oxygen atoms in total. The van der Waals surface area contributed by atoms with E-state index in [-0.39, 0.29) is 1.43 Å². The van der Waals surface area contributed by atoms with Gasteiger partial charge in [0, 0.05) is 7.47 Å². The molecule has 0 aromatic heterocycles. The van der Waals surface area contributed by atoms with Crippen LogP contribution in [0.1, 0.15) is 74.1 Å². The summed E-state index contributed by atoms with van der Waals surface area (Å²) >= 11 is 0. The van der Waals surface area contributed by atoms with Crippen molar-refractivity contribution in [1.29, 1.82) is 0 Å². The molecular formula is C24H45N. The van der Waals surface area contributed by atoms with Crippen molar-refractivity contribution in [3.63, 3.8) is 0 Å². The standard InChI is InChI=1S/C22H37N.C2H6.H2/c1-5-6-7-8-9-10-11-12-13-14-15-16-17-18-19-20-21-22(2)23(3)4;1-2;/h6-7,9-10,12-13,15-16,18-19,22H,5,8,11,14,17,20-21H2,1-4H3;1-2H3;1H/b7-6-,10-9-,13-12-,16-15-,19-18-;;. The Morgan fingerprint density at radius 1 is 0.680 bits per heavy atom.